The number of nitrogens with zero attached hydrogens (tertiary/aromatic N) is 1. The number of hydrogen-bond donors (Lipinski definition) is 0. The third kappa shape index (κ3) is 3.11. The molecule has 1 aromatic carbocycles. The molecular weight excluding hydrogens is 340 g/mol. The van der Waals surface area contributed by atoms with E-state index in [0.29, 0.717) is 17.0 Å². The number of benzene rings is 1. The lowest BCUT2D eigenvalue weighted by Gasteiger charge is -2.13. The Balaban J connectivity index is 3.13. The predicted molar refractivity (Wildman–Crippen MR) is 71.2 cm³/mol. The Bertz CT molecular complexity index is 442. The quantitative estimate of drug-likeness (QED) is 0.363. The molecule has 0 aliphatic rings. The van der Waals surface area contributed by atoms with Crippen LogP contribution in [0.4, 0.5) is 0 Å². The number of terminal acetylenes is 1. The summed E-state index contributed by atoms with van der Waals surface area (Å²) in [6, 6.07) is 4.98. The van der Waals surface area contributed by atoms with E-state index < -0.39 is 0 Å². The van der Waals surface area contributed by atoms with Gasteiger partial charge in [-0.2, -0.15) is 3.28 Å². The minimum atomic E-state index is -0.259. The van der Waals surface area contributed by atoms with Crippen LogP contribution in [-0.4, -0.2) is 16.3 Å². The fourth-order valence-corrected chi connectivity index (χ4v) is 1.66. The Hall–Kier alpha value is -0.770. The second-order valence-electron chi connectivity index (χ2n) is 2.91. The van der Waals surface area contributed by atoms with Crippen molar-refractivity contribution in [3.05, 3.63) is 34.3 Å². The largest absolute Gasteiger partial charge is 0.287 e. The molecule has 0 unspecified atom stereocenters. The van der Waals surface area contributed by atoms with Crippen molar-refractivity contribution in [1.82, 2.24) is 3.28 Å². The number of halogens is 2. The minimum Gasteiger partial charge on any atom is -0.266 e. The van der Waals surface area contributed by atoms with E-state index in [1.165, 1.54) is 7.11 Å². The predicted octanol–water partition coefficient (Wildman–Crippen LogP) is 2.87. The molecular formula is C11H9ClINO2. The minimum absolute atomic E-state index is 0.259. The van der Waals surface area contributed by atoms with Crippen molar-refractivity contribution in [2.45, 2.75) is 6.42 Å². The number of carbonyl (C=O) groups is 1. The summed E-state index contributed by atoms with van der Waals surface area (Å²) in [6.07, 6.45) is 5.59. The highest BCUT2D eigenvalue weighted by Gasteiger charge is 2.16. The van der Waals surface area contributed by atoms with Crippen molar-refractivity contribution in [3.8, 4) is 12.3 Å². The normalized spacial score (nSPS) is 9.62. The summed E-state index contributed by atoms with van der Waals surface area (Å²) < 4.78 is 1.11. The highest BCUT2D eigenvalue weighted by molar-refractivity contribution is 14.1. The van der Waals surface area contributed by atoms with Gasteiger partial charge in [-0.15, -0.1) is 12.3 Å². The number of hydroxylamine groups is 1. The highest BCUT2D eigenvalue weighted by Crippen LogP contribution is 2.19. The van der Waals surface area contributed by atoms with E-state index in [2.05, 4.69) is 5.92 Å². The first-order valence-electron chi connectivity index (χ1n) is 4.36. The molecule has 16 heavy (non-hydrogen) atoms. The van der Waals surface area contributed by atoms with E-state index in [9.17, 15) is 4.79 Å². The van der Waals surface area contributed by atoms with E-state index in [1.54, 1.807) is 41.1 Å². The van der Waals surface area contributed by atoms with Crippen LogP contribution in [0, 0.1) is 12.3 Å². The van der Waals surface area contributed by atoms with Crippen molar-refractivity contribution in [3.63, 3.8) is 0 Å². The zero-order chi connectivity index (χ0) is 12.1. The van der Waals surface area contributed by atoms with E-state index in [-0.39, 0.29) is 5.91 Å². The fraction of sp³-hybridized carbons (Fsp3) is 0.182. The molecule has 3 nitrogen and oxygen atoms in total. The van der Waals surface area contributed by atoms with Crippen molar-refractivity contribution in [2.24, 2.45) is 0 Å². The van der Waals surface area contributed by atoms with Crippen molar-refractivity contribution < 1.29 is 9.63 Å². The van der Waals surface area contributed by atoms with Gasteiger partial charge in [0.1, 0.15) is 0 Å². The van der Waals surface area contributed by atoms with Gasteiger partial charge in [-0.1, -0.05) is 11.6 Å². The van der Waals surface area contributed by atoms with Crippen molar-refractivity contribution in [2.75, 3.05) is 7.11 Å². The zero-order valence-corrected chi connectivity index (χ0v) is 11.4. The summed E-state index contributed by atoms with van der Waals surface area (Å²) in [7, 11) is 1.42. The molecule has 0 N–H and O–H groups in total. The molecule has 0 heterocycles. The zero-order valence-electron chi connectivity index (χ0n) is 8.54. The van der Waals surface area contributed by atoms with Crippen molar-refractivity contribution >= 4 is 40.4 Å². The Morgan fingerprint density at radius 1 is 1.69 bits per heavy atom. The lowest BCUT2D eigenvalue weighted by atomic mass is 10.0. The van der Waals surface area contributed by atoms with Crippen LogP contribution in [0.1, 0.15) is 15.9 Å². The first-order chi connectivity index (χ1) is 7.60. The monoisotopic (exact) mass is 349 g/mol. The van der Waals surface area contributed by atoms with E-state index in [4.69, 9.17) is 22.9 Å². The van der Waals surface area contributed by atoms with Gasteiger partial charge >= 0.3 is 0 Å². The highest BCUT2D eigenvalue weighted by atomic mass is 127. The molecule has 1 amide bonds. The Labute approximate surface area is 113 Å². The standard InChI is InChI=1S/C11H9ClINO2/c1-3-4-8-7-9(12)5-6-10(8)11(15)14(13)16-2/h1,5-7H,4H2,2H3. The van der Waals surface area contributed by atoms with Gasteiger partial charge in [0.05, 0.1) is 30.0 Å². The van der Waals surface area contributed by atoms with Crippen LogP contribution in [0.3, 0.4) is 0 Å². The third-order valence-electron chi connectivity index (χ3n) is 1.91. The maximum atomic E-state index is 11.9. The molecule has 84 valence electrons. The molecule has 0 aliphatic carbocycles. The Morgan fingerprint density at radius 2 is 2.38 bits per heavy atom. The number of rotatable bonds is 3. The van der Waals surface area contributed by atoms with E-state index >= 15 is 0 Å². The first-order valence-corrected chi connectivity index (χ1v) is 5.70. The lowest BCUT2D eigenvalue weighted by Crippen LogP contribution is -2.20. The van der Waals surface area contributed by atoms with E-state index in [0.717, 1.165) is 8.84 Å². The molecule has 0 fully saturated rings. The van der Waals surface area contributed by atoms with Gasteiger partial charge in [-0.25, -0.2) is 0 Å². The molecule has 0 radical (unpaired) electrons. The Morgan fingerprint density at radius 3 is 2.94 bits per heavy atom. The van der Waals surface area contributed by atoms with Crippen LogP contribution in [-0.2, 0) is 11.3 Å². The summed E-state index contributed by atoms with van der Waals surface area (Å²) >= 11 is 7.61. The summed E-state index contributed by atoms with van der Waals surface area (Å²) in [6.45, 7) is 0. The summed E-state index contributed by atoms with van der Waals surface area (Å²) in [4.78, 5) is 16.7. The average molecular weight is 350 g/mol. The number of hydrogen-bond acceptors (Lipinski definition) is 2. The van der Waals surface area contributed by atoms with Crippen LogP contribution >= 0.6 is 34.5 Å². The van der Waals surface area contributed by atoms with E-state index in [1.807, 2.05) is 0 Å². The molecule has 5 heteroatoms. The van der Waals surface area contributed by atoms with Gasteiger partial charge in [0.25, 0.3) is 5.91 Å². The number of amides is 1. The summed E-state index contributed by atoms with van der Waals surface area (Å²) in [5, 5.41) is 0.555. The maximum Gasteiger partial charge on any atom is 0.287 e. The second kappa shape index (κ2) is 6.09. The SMILES string of the molecule is C#CCc1cc(Cl)ccc1C(=O)N(I)OC. The van der Waals surface area contributed by atoms with Crippen LogP contribution in [0.15, 0.2) is 18.2 Å². The topological polar surface area (TPSA) is 29.5 Å². The molecule has 0 saturated carbocycles. The molecule has 0 bridgehead atoms. The fourth-order valence-electron chi connectivity index (χ4n) is 1.20. The second-order valence-corrected chi connectivity index (χ2v) is 4.23. The molecule has 0 aromatic heterocycles. The molecule has 0 spiro atoms. The lowest BCUT2D eigenvalue weighted by molar-refractivity contribution is -0.00566. The van der Waals surface area contributed by atoms with Crippen LogP contribution < -0.4 is 0 Å². The molecule has 0 saturated heterocycles. The smallest absolute Gasteiger partial charge is 0.266 e. The van der Waals surface area contributed by atoms with Gasteiger partial charge in [0.15, 0.2) is 0 Å². The molecule has 1 aromatic rings. The van der Waals surface area contributed by atoms with Crippen LogP contribution in [0.2, 0.25) is 5.02 Å². The van der Waals surface area contributed by atoms with Gasteiger partial charge in [0.2, 0.25) is 0 Å². The van der Waals surface area contributed by atoms with Gasteiger partial charge in [-0.05, 0) is 23.8 Å². The van der Waals surface area contributed by atoms with Crippen LogP contribution in [0.25, 0.3) is 0 Å². The molecule has 0 atom stereocenters. The van der Waals surface area contributed by atoms with Gasteiger partial charge in [0, 0.05) is 17.0 Å². The molecule has 0 aliphatic heterocycles. The summed E-state index contributed by atoms with van der Waals surface area (Å²) in [5.41, 5.74) is 1.22. The van der Waals surface area contributed by atoms with Gasteiger partial charge in [-0.3, -0.25) is 9.63 Å². The average Bonchev–Trinajstić information content (AvgIpc) is 2.28. The van der Waals surface area contributed by atoms with Gasteiger partial charge < -0.3 is 0 Å². The third-order valence-corrected chi connectivity index (χ3v) is 2.98. The molecule has 1 rings (SSSR count). The van der Waals surface area contributed by atoms with Crippen molar-refractivity contribution in [1.29, 1.82) is 0 Å². The van der Waals surface area contributed by atoms with Crippen LogP contribution in [0.5, 0.6) is 0 Å². The Kier molecular flexibility index (Phi) is 5.06. The first kappa shape index (κ1) is 13.3. The maximum absolute atomic E-state index is 11.9. The summed E-state index contributed by atoms with van der Waals surface area (Å²) in [5.74, 6) is 2.23. The number of carbonyl (C=O) groups excluding carboxylic acids is 1.